The normalized spacial score (nSPS) is 9.56. The second kappa shape index (κ2) is 6.19. The van der Waals surface area contributed by atoms with Gasteiger partial charge in [0.1, 0.15) is 0 Å². The Hall–Kier alpha value is -1.47. The Kier molecular flexibility index (Phi) is 5.62. The number of nitrogens with zero attached hydrogens (tertiary/aromatic N) is 1. The Morgan fingerprint density at radius 2 is 1.50 bits per heavy atom. The maximum Gasteiger partial charge on any atom is 0.269 e. The zero-order valence-corrected chi connectivity index (χ0v) is 10.2. The largest absolute Gasteiger partial charge is 0.269 e. The van der Waals surface area contributed by atoms with E-state index in [0.29, 0.717) is 0 Å². The lowest BCUT2D eigenvalue weighted by atomic mass is 10.0. The van der Waals surface area contributed by atoms with Crippen LogP contribution in [0.25, 0.3) is 0 Å². The Bertz CT molecular complexity index is 438. The average Bonchev–Trinajstić information content (AvgIpc) is 2.12. The van der Waals surface area contributed by atoms with Crippen molar-refractivity contribution in [1.29, 1.82) is 0 Å². The van der Waals surface area contributed by atoms with Gasteiger partial charge in [0.15, 0.2) is 10.9 Å². The van der Waals surface area contributed by atoms with Crippen molar-refractivity contribution in [2.75, 3.05) is 0 Å². The number of nitro benzene ring substituents is 1. The van der Waals surface area contributed by atoms with Gasteiger partial charge in [-0.1, -0.05) is 0 Å². The first-order valence-electron chi connectivity index (χ1n) is 4.37. The fourth-order valence-electron chi connectivity index (χ4n) is 1.12. The highest BCUT2D eigenvalue weighted by atomic mass is 32.2. The molecular weight excluding hydrogens is 232 g/mol. The zero-order valence-electron chi connectivity index (χ0n) is 9.26. The highest BCUT2D eigenvalue weighted by Crippen LogP contribution is 2.20. The Morgan fingerprint density at radius 1 is 1.19 bits per heavy atom. The maximum absolute atomic E-state index is 10.4. The van der Waals surface area contributed by atoms with Crippen LogP contribution in [0, 0.1) is 30.9 Å². The second-order valence-corrected chi connectivity index (χ2v) is 3.82. The molecule has 0 aliphatic carbocycles. The fraction of sp³-hybridized carbons (Fsp3) is 0.333. The third-order valence-electron chi connectivity index (χ3n) is 2.12. The molecule has 0 radical (unpaired) electrons. The lowest BCUT2D eigenvalue weighted by Gasteiger charge is -2.02. The molecule has 1 aromatic rings. The van der Waals surface area contributed by atoms with Gasteiger partial charge in [0.25, 0.3) is 5.69 Å². The average molecular weight is 246 g/mol. The van der Waals surface area contributed by atoms with Gasteiger partial charge in [-0.25, -0.2) is 13.6 Å². The van der Waals surface area contributed by atoms with Gasteiger partial charge in [-0.2, -0.15) is 0 Å². The smallest absolute Gasteiger partial charge is 0.258 e. The number of hydrogen-bond acceptors (Lipinski definition) is 4. The number of thiol groups is 1. The topological polar surface area (TPSA) is 103 Å². The molecule has 0 spiro atoms. The van der Waals surface area contributed by atoms with Gasteiger partial charge in [0, 0.05) is 12.1 Å². The molecule has 0 unspecified atom stereocenters. The number of benzene rings is 1. The molecule has 0 fully saturated rings. The number of non-ortho nitro benzene ring substituents is 1. The maximum atomic E-state index is 10.4. The molecule has 0 heterocycles. The molecule has 0 saturated heterocycles. The van der Waals surface area contributed by atoms with Crippen LogP contribution in [-0.4, -0.2) is 13.3 Å². The van der Waals surface area contributed by atoms with E-state index < -0.39 is 10.9 Å². The molecule has 7 heteroatoms. The first-order valence-corrected chi connectivity index (χ1v) is 5.61. The minimum atomic E-state index is -2.62. The van der Waals surface area contributed by atoms with Gasteiger partial charge in [0.05, 0.1) is 4.92 Å². The first-order chi connectivity index (χ1) is 7.25. The predicted octanol–water partition coefficient (Wildman–Crippen LogP) is 0.992. The summed E-state index contributed by atoms with van der Waals surface area (Å²) in [5.74, 6) is 0. The number of nitro groups is 1. The van der Waals surface area contributed by atoms with Crippen LogP contribution in [0.1, 0.15) is 16.7 Å². The van der Waals surface area contributed by atoms with Crippen LogP contribution >= 0.6 is 0 Å². The molecule has 0 saturated carbocycles. The molecule has 0 amide bonds. The van der Waals surface area contributed by atoms with E-state index in [1.807, 2.05) is 20.8 Å². The van der Waals surface area contributed by atoms with Crippen LogP contribution in [0.5, 0.6) is 0 Å². The summed E-state index contributed by atoms with van der Waals surface area (Å²) in [6.45, 7) is 5.74. The van der Waals surface area contributed by atoms with Gasteiger partial charge in [-0.3, -0.25) is 10.1 Å². The van der Waals surface area contributed by atoms with E-state index in [4.69, 9.17) is 8.42 Å². The lowest BCUT2D eigenvalue weighted by molar-refractivity contribution is -0.385. The molecule has 16 heavy (non-hydrogen) atoms. The van der Waals surface area contributed by atoms with Crippen molar-refractivity contribution < 1.29 is 13.3 Å². The summed E-state index contributed by atoms with van der Waals surface area (Å²) in [6.07, 6.45) is 0. The van der Waals surface area contributed by atoms with Gasteiger partial charge in [-0.05, 0) is 37.5 Å². The fourth-order valence-corrected chi connectivity index (χ4v) is 1.12. The quantitative estimate of drug-likeness (QED) is 0.438. The van der Waals surface area contributed by atoms with Crippen LogP contribution in [-0.2, 0) is 10.9 Å². The highest BCUT2D eigenvalue weighted by molar-refractivity contribution is 7.69. The molecular formula is C9H14N2O4S. The molecule has 0 atom stereocenters. The van der Waals surface area contributed by atoms with Crippen molar-refractivity contribution in [3.8, 4) is 0 Å². The van der Waals surface area contributed by atoms with Gasteiger partial charge in [0.2, 0.25) is 0 Å². The van der Waals surface area contributed by atoms with Gasteiger partial charge < -0.3 is 0 Å². The summed E-state index contributed by atoms with van der Waals surface area (Å²) < 4.78 is 17.6. The van der Waals surface area contributed by atoms with Crippen LogP contribution in [0.3, 0.4) is 0 Å². The van der Waals surface area contributed by atoms with Crippen molar-refractivity contribution in [2.24, 2.45) is 5.14 Å². The zero-order chi connectivity index (χ0) is 12.9. The third-order valence-corrected chi connectivity index (χ3v) is 2.12. The molecule has 6 nitrogen and oxygen atoms in total. The monoisotopic (exact) mass is 246 g/mol. The SMILES string of the molecule is Cc1cc([N+](=O)[O-])cc(C)c1C.N[SH](=O)=O. The minimum absolute atomic E-state index is 0.176. The molecule has 0 bridgehead atoms. The van der Waals surface area contributed by atoms with E-state index in [2.05, 4.69) is 5.14 Å². The molecule has 2 N–H and O–H groups in total. The summed E-state index contributed by atoms with van der Waals surface area (Å²) in [5, 5.41) is 14.5. The van der Waals surface area contributed by atoms with Gasteiger partial charge in [-0.15, -0.1) is 0 Å². The number of rotatable bonds is 1. The summed E-state index contributed by atoms with van der Waals surface area (Å²) in [4.78, 5) is 10.1. The lowest BCUT2D eigenvalue weighted by Crippen LogP contribution is -1.92. The Morgan fingerprint density at radius 3 is 1.75 bits per heavy atom. The molecule has 0 aromatic heterocycles. The number of aryl methyl sites for hydroxylation is 2. The Labute approximate surface area is 95.3 Å². The molecule has 90 valence electrons. The van der Waals surface area contributed by atoms with Crippen molar-refractivity contribution in [3.63, 3.8) is 0 Å². The predicted molar refractivity (Wildman–Crippen MR) is 61.8 cm³/mol. The summed E-state index contributed by atoms with van der Waals surface area (Å²) >= 11 is 0. The van der Waals surface area contributed by atoms with Crippen molar-refractivity contribution >= 4 is 16.6 Å². The van der Waals surface area contributed by atoms with E-state index in [1.54, 1.807) is 12.1 Å². The van der Waals surface area contributed by atoms with Crippen LogP contribution in [0.15, 0.2) is 12.1 Å². The van der Waals surface area contributed by atoms with E-state index in [0.717, 1.165) is 16.7 Å². The summed E-state index contributed by atoms with van der Waals surface area (Å²) in [5.41, 5.74) is 3.25. The van der Waals surface area contributed by atoms with E-state index in [1.165, 1.54) is 0 Å². The summed E-state index contributed by atoms with van der Waals surface area (Å²) in [7, 11) is -2.62. The number of nitrogens with two attached hydrogens (primary N) is 1. The molecule has 1 aromatic carbocycles. The van der Waals surface area contributed by atoms with Crippen LogP contribution in [0.2, 0.25) is 0 Å². The molecule has 0 aliphatic rings. The number of hydrogen-bond donors (Lipinski definition) is 2. The summed E-state index contributed by atoms with van der Waals surface area (Å²) in [6, 6.07) is 3.20. The van der Waals surface area contributed by atoms with E-state index >= 15 is 0 Å². The van der Waals surface area contributed by atoms with E-state index in [-0.39, 0.29) is 10.6 Å². The molecule has 0 aliphatic heterocycles. The van der Waals surface area contributed by atoms with Crippen molar-refractivity contribution in [2.45, 2.75) is 20.8 Å². The van der Waals surface area contributed by atoms with Crippen molar-refractivity contribution in [1.82, 2.24) is 0 Å². The highest BCUT2D eigenvalue weighted by Gasteiger charge is 2.08. The third kappa shape index (κ3) is 4.85. The second-order valence-electron chi connectivity index (χ2n) is 3.25. The van der Waals surface area contributed by atoms with Crippen molar-refractivity contribution in [3.05, 3.63) is 38.9 Å². The Balaban J connectivity index is 0.000000487. The minimum Gasteiger partial charge on any atom is -0.258 e. The standard InChI is InChI=1S/C9H11NO2.H3NO2S/c1-6-4-9(10(11)12)5-7(2)8(6)3;1-4(2)3/h4-5H,1-3H3;4H,(H2,1,2,3). The first kappa shape index (κ1) is 14.5. The van der Waals surface area contributed by atoms with Crippen LogP contribution < -0.4 is 5.14 Å². The van der Waals surface area contributed by atoms with E-state index in [9.17, 15) is 10.1 Å². The van der Waals surface area contributed by atoms with Gasteiger partial charge >= 0.3 is 0 Å². The van der Waals surface area contributed by atoms with Crippen LogP contribution in [0.4, 0.5) is 5.69 Å². The molecule has 1 rings (SSSR count).